The standard InChI is InChI=1S/C25H32ClN3O3/c1-15-20(5-2-6-21(15)26)23(31)29-7-3-4-19(14-29)22(30)27-24(28-32)25-11-16-8-17(12-25)10-18(9-16)13-25/h2,5-6,16-19,32H,3-4,7-14H2,1H3,(H,27,28,30)/t16?,17?,18?,19-,25?/m0/s1. The normalized spacial score (nSPS) is 33.9. The van der Waals surface area contributed by atoms with E-state index in [1.165, 1.54) is 19.3 Å². The second-order valence-electron chi connectivity index (χ2n) is 10.6. The molecule has 1 aromatic carbocycles. The topological polar surface area (TPSA) is 82.0 Å². The van der Waals surface area contributed by atoms with Crippen LogP contribution in [0.25, 0.3) is 0 Å². The molecule has 1 atom stereocenters. The molecule has 7 heteroatoms. The summed E-state index contributed by atoms with van der Waals surface area (Å²) in [6.07, 6.45) is 8.40. The Balaban J connectivity index is 1.27. The zero-order valence-corrected chi connectivity index (χ0v) is 19.4. The number of nitrogens with one attached hydrogen (secondary N) is 1. The van der Waals surface area contributed by atoms with Gasteiger partial charge in [-0.3, -0.25) is 9.59 Å². The molecule has 4 saturated carbocycles. The third-order valence-corrected chi connectivity index (χ3v) is 8.87. The molecule has 0 unspecified atom stereocenters. The van der Waals surface area contributed by atoms with E-state index in [-0.39, 0.29) is 23.1 Å². The van der Waals surface area contributed by atoms with E-state index in [0.717, 1.165) is 37.7 Å². The lowest BCUT2D eigenvalue weighted by Gasteiger charge is -2.56. The van der Waals surface area contributed by atoms with Gasteiger partial charge in [0.2, 0.25) is 5.91 Å². The summed E-state index contributed by atoms with van der Waals surface area (Å²) in [5.41, 5.74) is 1.17. The summed E-state index contributed by atoms with van der Waals surface area (Å²) in [6.45, 7) is 2.85. The fourth-order valence-corrected chi connectivity index (χ4v) is 7.44. The molecule has 2 amide bonds. The van der Waals surface area contributed by atoms with E-state index in [1.807, 2.05) is 6.92 Å². The molecule has 0 radical (unpaired) electrons. The van der Waals surface area contributed by atoms with Crippen LogP contribution in [0.2, 0.25) is 5.02 Å². The van der Waals surface area contributed by atoms with Gasteiger partial charge in [0.1, 0.15) is 0 Å². The van der Waals surface area contributed by atoms with Crippen molar-refractivity contribution in [1.82, 2.24) is 10.2 Å². The molecule has 6 nitrogen and oxygen atoms in total. The lowest BCUT2D eigenvalue weighted by molar-refractivity contribution is -0.125. The Morgan fingerprint density at radius 3 is 2.44 bits per heavy atom. The molecule has 0 spiro atoms. The van der Waals surface area contributed by atoms with Crippen LogP contribution in [0.3, 0.4) is 0 Å². The monoisotopic (exact) mass is 457 g/mol. The van der Waals surface area contributed by atoms with E-state index in [9.17, 15) is 14.8 Å². The first-order valence-corrected chi connectivity index (χ1v) is 12.3. The molecular formula is C25H32ClN3O3. The Kier molecular flexibility index (Phi) is 5.68. The second kappa shape index (κ2) is 8.36. The van der Waals surface area contributed by atoms with Gasteiger partial charge in [0.05, 0.1) is 5.92 Å². The summed E-state index contributed by atoms with van der Waals surface area (Å²) in [6, 6.07) is 5.35. The summed E-state index contributed by atoms with van der Waals surface area (Å²) in [7, 11) is 0. The number of hydrogen-bond donors (Lipinski definition) is 2. The SMILES string of the molecule is Cc1c(Cl)cccc1C(=O)N1CCC[C@H](C(=O)N/C(=N\O)C23CC4CC(CC(C4)C2)C3)C1. The average molecular weight is 458 g/mol. The van der Waals surface area contributed by atoms with E-state index in [2.05, 4.69) is 10.5 Å². The van der Waals surface area contributed by atoms with Crippen LogP contribution in [0.5, 0.6) is 0 Å². The predicted octanol–water partition coefficient (Wildman–Crippen LogP) is 4.62. The second-order valence-corrected chi connectivity index (χ2v) is 11.0. The zero-order valence-electron chi connectivity index (χ0n) is 18.6. The van der Waals surface area contributed by atoms with Crippen LogP contribution in [0, 0.1) is 36.0 Å². The minimum atomic E-state index is -0.308. The van der Waals surface area contributed by atoms with Crippen LogP contribution in [0.15, 0.2) is 23.4 Å². The van der Waals surface area contributed by atoms with E-state index < -0.39 is 0 Å². The Bertz CT molecular complexity index is 924. The maximum atomic E-state index is 13.2. The van der Waals surface area contributed by atoms with Crippen molar-refractivity contribution in [1.29, 1.82) is 0 Å². The number of oxime groups is 1. The number of nitrogens with zero attached hydrogens (tertiary/aromatic N) is 2. The zero-order chi connectivity index (χ0) is 22.5. The van der Waals surface area contributed by atoms with Gasteiger partial charge in [0.25, 0.3) is 5.91 Å². The number of halogens is 1. The van der Waals surface area contributed by atoms with Crippen LogP contribution in [0.4, 0.5) is 0 Å². The van der Waals surface area contributed by atoms with Gasteiger partial charge < -0.3 is 15.4 Å². The van der Waals surface area contributed by atoms with Gasteiger partial charge in [0, 0.05) is 29.1 Å². The Hall–Kier alpha value is -2.08. The highest BCUT2D eigenvalue weighted by Crippen LogP contribution is 2.60. The lowest BCUT2D eigenvalue weighted by Crippen LogP contribution is -2.56. The highest BCUT2D eigenvalue weighted by molar-refractivity contribution is 6.31. The largest absolute Gasteiger partial charge is 0.409 e. The molecule has 5 fully saturated rings. The van der Waals surface area contributed by atoms with Crippen LogP contribution in [-0.2, 0) is 4.79 Å². The first-order valence-electron chi connectivity index (χ1n) is 12.0. The number of hydrogen-bond acceptors (Lipinski definition) is 4. The molecule has 0 aromatic heterocycles. The van der Waals surface area contributed by atoms with Crippen LogP contribution >= 0.6 is 11.6 Å². The highest BCUT2D eigenvalue weighted by atomic mass is 35.5. The maximum Gasteiger partial charge on any atom is 0.254 e. The number of carbonyl (C=O) groups is 2. The van der Waals surface area contributed by atoms with Gasteiger partial charge in [-0.05, 0) is 93.7 Å². The van der Waals surface area contributed by atoms with Crippen LogP contribution in [-0.4, -0.2) is 40.8 Å². The molecule has 4 aliphatic carbocycles. The van der Waals surface area contributed by atoms with E-state index >= 15 is 0 Å². The summed E-state index contributed by atoms with van der Waals surface area (Å²) in [5.74, 6) is 2.03. The lowest BCUT2D eigenvalue weighted by atomic mass is 9.49. The highest BCUT2D eigenvalue weighted by Gasteiger charge is 2.54. The van der Waals surface area contributed by atoms with Gasteiger partial charge in [-0.2, -0.15) is 0 Å². The summed E-state index contributed by atoms with van der Waals surface area (Å²) < 4.78 is 0. The third-order valence-electron chi connectivity index (χ3n) is 8.46. The average Bonchev–Trinajstić information content (AvgIpc) is 2.77. The molecule has 32 heavy (non-hydrogen) atoms. The van der Waals surface area contributed by atoms with Gasteiger partial charge in [-0.25, -0.2) is 0 Å². The third kappa shape index (κ3) is 3.81. The van der Waals surface area contributed by atoms with Crippen molar-refractivity contribution in [3.8, 4) is 0 Å². The first kappa shape index (κ1) is 21.7. The van der Waals surface area contributed by atoms with E-state index in [4.69, 9.17) is 11.6 Å². The van der Waals surface area contributed by atoms with Crippen molar-refractivity contribution < 1.29 is 14.8 Å². The number of carbonyl (C=O) groups excluding carboxylic acids is 2. The van der Waals surface area contributed by atoms with Gasteiger partial charge in [-0.1, -0.05) is 22.8 Å². The first-order chi connectivity index (χ1) is 15.4. The van der Waals surface area contributed by atoms with Gasteiger partial charge in [0.15, 0.2) is 5.84 Å². The van der Waals surface area contributed by atoms with Crippen molar-refractivity contribution in [2.45, 2.75) is 58.3 Å². The van der Waals surface area contributed by atoms with Crippen molar-refractivity contribution in [3.63, 3.8) is 0 Å². The quantitative estimate of drug-likeness (QED) is 0.300. The van der Waals surface area contributed by atoms with Crippen molar-refractivity contribution in [3.05, 3.63) is 34.3 Å². The molecule has 172 valence electrons. The van der Waals surface area contributed by atoms with E-state index in [1.54, 1.807) is 23.1 Å². The van der Waals surface area contributed by atoms with Gasteiger partial charge in [-0.15, -0.1) is 0 Å². The molecule has 1 saturated heterocycles. The number of likely N-dealkylation sites (tertiary alicyclic amines) is 1. The number of amides is 2. The minimum Gasteiger partial charge on any atom is -0.409 e. The van der Waals surface area contributed by atoms with Crippen molar-refractivity contribution in [2.24, 2.45) is 34.2 Å². The Morgan fingerprint density at radius 1 is 1.16 bits per heavy atom. The molecule has 1 aromatic rings. The summed E-state index contributed by atoms with van der Waals surface area (Å²) in [5, 5.41) is 17.1. The molecule has 1 aliphatic heterocycles. The smallest absolute Gasteiger partial charge is 0.254 e. The fourth-order valence-electron chi connectivity index (χ4n) is 7.27. The van der Waals surface area contributed by atoms with Crippen LogP contribution in [0.1, 0.15) is 67.3 Å². The number of benzene rings is 1. The molecule has 4 bridgehead atoms. The maximum absolute atomic E-state index is 13.2. The summed E-state index contributed by atoms with van der Waals surface area (Å²) >= 11 is 6.21. The minimum absolute atomic E-state index is 0.0837. The molecule has 5 aliphatic rings. The van der Waals surface area contributed by atoms with Crippen molar-refractivity contribution >= 4 is 29.3 Å². The van der Waals surface area contributed by atoms with Crippen LogP contribution < -0.4 is 5.32 Å². The summed E-state index contributed by atoms with van der Waals surface area (Å²) in [4.78, 5) is 28.1. The number of rotatable bonds is 3. The molecular weight excluding hydrogens is 426 g/mol. The number of piperidine rings is 1. The Morgan fingerprint density at radius 2 is 1.81 bits per heavy atom. The van der Waals surface area contributed by atoms with Crippen molar-refractivity contribution in [2.75, 3.05) is 13.1 Å². The molecule has 2 N–H and O–H groups in total. The molecule has 6 rings (SSSR count). The Labute approximate surface area is 194 Å². The molecule has 1 heterocycles. The van der Waals surface area contributed by atoms with E-state index in [0.29, 0.717) is 47.3 Å². The predicted molar refractivity (Wildman–Crippen MR) is 123 cm³/mol. The number of amidine groups is 1. The van der Waals surface area contributed by atoms with Gasteiger partial charge >= 0.3 is 0 Å². The fraction of sp³-hybridized carbons (Fsp3) is 0.640.